The van der Waals surface area contributed by atoms with E-state index in [0.29, 0.717) is 12.1 Å². The zero-order valence-corrected chi connectivity index (χ0v) is 14.4. The highest BCUT2D eigenvalue weighted by Crippen LogP contribution is 2.10. The van der Waals surface area contributed by atoms with Gasteiger partial charge in [-0.25, -0.2) is 13.6 Å². The quantitative estimate of drug-likeness (QED) is 0.893. The Morgan fingerprint density at radius 1 is 1.25 bits per heavy atom. The third-order valence-electron chi connectivity index (χ3n) is 3.96. The Bertz CT molecular complexity index is 541. The average molecular weight is 341 g/mol. The molecule has 7 heteroatoms. The number of halogens is 2. The number of urea groups is 1. The van der Waals surface area contributed by atoms with Crippen LogP contribution in [0.3, 0.4) is 0 Å². The summed E-state index contributed by atoms with van der Waals surface area (Å²) in [6.07, 6.45) is 0.381. The standard InChI is InChI=1S/C17H25F2N3O2/c1-12-10-22(11-13(2)24-12)5-4-21(3)17(23)20-9-14-6-15(18)8-16(19)7-14/h6-8,12-13H,4-5,9-11H2,1-3H3,(H,20,23)/t12-,13+. The number of carbonyl (C=O) groups is 1. The molecular formula is C17H25F2N3O2. The fraction of sp³-hybridized carbons (Fsp3) is 0.588. The predicted molar refractivity (Wildman–Crippen MR) is 87.7 cm³/mol. The van der Waals surface area contributed by atoms with Crippen LogP contribution in [-0.2, 0) is 11.3 Å². The Balaban J connectivity index is 1.75. The summed E-state index contributed by atoms with van der Waals surface area (Å²) in [5, 5.41) is 2.67. The zero-order valence-electron chi connectivity index (χ0n) is 14.4. The Labute approximate surface area is 141 Å². The minimum atomic E-state index is -0.650. The number of nitrogens with one attached hydrogen (secondary N) is 1. The van der Waals surface area contributed by atoms with Crippen molar-refractivity contribution < 1.29 is 18.3 Å². The number of hydrogen-bond donors (Lipinski definition) is 1. The van der Waals surface area contributed by atoms with E-state index in [1.54, 1.807) is 11.9 Å². The minimum absolute atomic E-state index is 0.0868. The molecule has 1 heterocycles. The SMILES string of the molecule is C[C@@H]1CN(CCN(C)C(=O)NCc2cc(F)cc(F)c2)C[C@H](C)O1. The number of hydrogen-bond acceptors (Lipinski definition) is 3. The van der Waals surface area contributed by atoms with Crippen LogP contribution in [0, 0.1) is 11.6 Å². The summed E-state index contributed by atoms with van der Waals surface area (Å²) < 4.78 is 31.9. The van der Waals surface area contributed by atoms with Gasteiger partial charge in [0.1, 0.15) is 11.6 Å². The first kappa shape index (κ1) is 18.6. The van der Waals surface area contributed by atoms with E-state index >= 15 is 0 Å². The Morgan fingerprint density at radius 2 is 1.83 bits per heavy atom. The molecule has 1 aromatic carbocycles. The lowest BCUT2D eigenvalue weighted by Crippen LogP contribution is -2.49. The fourth-order valence-electron chi connectivity index (χ4n) is 2.89. The van der Waals surface area contributed by atoms with Gasteiger partial charge in [-0.15, -0.1) is 0 Å². The fourth-order valence-corrected chi connectivity index (χ4v) is 2.89. The smallest absolute Gasteiger partial charge is 0.317 e. The molecule has 134 valence electrons. The first-order valence-electron chi connectivity index (χ1n) is 8.15. The number of morpholine rings is 1. The summed E-state index contributed by atoms with van der Waals surface area (Å²) >= 11 is 0. The number of likely N-dealkylation sites (N-methyl/N-ethyl adjacent to an activating group) is 1. The molecule has 1 aromatic rings. The molecule has 1 aliphatic heterocycles. The average Bonchev–Trinajstić information content (AvgIpc) is 2.48. The Kier molecular flexibility index (Phi) is 6.51. The summed E-state index contributed by atoms with van der Waals surface area (Å²) in [7, 11) is 1.70. The predicted octanol–water partition coefficient (Wildman–Crippen LogP) is 2.22. The van der Waals surface area contributed by atoms with Crippen molar-refractivity contribution in [1.82, 2.24) is 15.1 Å². The summed E-state index contributed by atoms with van der Waals surface area (Å²) in [5.74, 6) is -1.30. The largest absolute Gasteiger partial charge is 0.373 e. The second-order valence-electron chi connectivity index (χ2n) is 6.37. The van der Waals surface area contributed by atoms with E-state index in [-0.39, 0.29) is 24.8 Å². The normalized spacial score (nSPS) is 21.5. The van der Waals surface area contributed by atoms with Crippen LogP contribution < -0.4 is 5.32 Å². The molecule has 2 amide bonds. The van der Waals surface area contributed by atoms with E-state index in [9.17, 15) is 13.6 Å². The number of carbonyl (C=O) groups excluding carboxylic acids is 1. The zero-order chi connectivity index (χ0) is 17.7. The highest BCUT2D eigenvalue weighted by Gasteiger charge is 2.22. The maximum Gasteiger partial charge on any atom is 0.317 e. The molecule has 0 radical (unpaired) electrons. The molecule has 1 saturated heterocycles. The first-order valence-corrected chi connectivity index (χ1v) is 8.15. The molecule has 1 fully saturated rings. The molecule has 1 aliphatic rings. The van der Waals surface area contributed by atoms with E-state index in [1.807, 2.05) is 13.8 Å². The second-order valence-corrected chi connectivity index (χ2v) is 6.37. The summed E-state index contributed by atoms with van der Waals surface area (Å²) in [6, 6.07) is 2.95. The van der Waals surface area contributed by atoms with Crippen LogP contribution in [0.25, 0.3) is 0 Å². The van der Waals surface area contributed by atoms with E-state index in [0.717, 1.165) is 25.7 Å². The maximum atomic E-state index is 13.1. The van der Waals surface area contributed by atoms with Crippen molar-refractivity contribution >= 4 is 6.03 Å². The summed E-state index contributed by atoms with van der Waals surface area (Å²) in [5.41, 5.74) is 0.394. The van der Waals surface area contributed by atoms with Crippen molar-refractivity contribution in [3.8, 4) is 0 Å². The van der Waals surface area contributed by atoms with Gasteiger partial charge in [0.05, 0.1) is 12.2 Å². The molecule has 2 rings (SSSR count). The topological polar surface area (TPSA) is 44.8 Å². The Morgan fingerprint density at radius 3 is 2.42 bits per heavy atom. The van der Waals surface area contributed by atoms with Gasteiger partial charge in [0.2, 0.25) is 0 Å². The molecule has 0 aliphatic carbocycles. The molecule has 0 spiro atoms. The first-order chi connectivity index (χ1) is 11.3. The molecule has 24 heavy (non-hydrogen) atoms. The highest BCUT2D eigenvalue weighted by molar-refractivity contribution is 5.73. The number of amides is 2. The van der Waals surface area contributed by atoms with E-state index in [4.69, 9.17) is 4.74 Å². The lowest BCUT2D eigenvalue weighted by Gasteiger charge is -2.36. The third-order valence-corrected chi connectivity index (χ3v) is 3.96. The molecule has 1 N–H and O–H groups in total. The molecule has 5 nitrogen and oxygen atoms in total. The van der Waals surface area contributed by atoms with Crippen LogP contribution in [0.2, 0.25) is 0 Å². The highest BCUT2D eigenvalue weighted by atomic mass is 19.1. The molecule has 0 unspecified atom stereocenters. The van der Waals surface area contributed by atoms with Gasteiger partial charge in [-0.1, -0.05) is 0 Å². The van der Waals surface area contributed by atoms with E-state index < -0.39 is 11.6 Å². The van der Waals surface area contributed by atoms with Crippen molar-refractivity contribution in [3.05, 3.63) is 35.4 Å². The van der Waals surface area contributed by atoms with E-state index in [2.05, 4.69) is 10.2 Å². The molecule has 0 bridgehead atoms. The molecule has 2 atom stereocenters. The van der Waals surface area contributed by atoms with Gasteiger partial charge in [-0.05, 0) is 31.5 Å². The third kappa shape index (κ3) is 5.72. The number of ether oxygens (including phenoxy) is 1. The number of benzene rings is 1. The van der Waals surface area contributed by atoms with Gasteiger partial charge < -0.3 is 15.0 Å². The van der Waals surface area contributed by atoms with Crippen molar-refractivity contribution in [2.45, 2.75) is 32.6 Å². The maximum absolute atomic E-state index is 13.1. The lowest BCUT2D eigenvalue weighted by molar-refractivity contribution is -0.0684. The number of rotatable bonds is 5. The molecule has 0 saturated carbocycles. The minimum Gasteiger partial charge on any atom is -0.373 e. The van der Waals surface area contributed by atoms with Crippen molar-refractivity contribution in [1.29, 1.82) is 0 Å². The van der Waals surface area contributed by atoms with Gasteiger partial charge in [-0.3, -0.25) is 4.90 Å². The second kappa shape index (κ2) is 8.39. The van der Waals surface area contributed by atoms with Gasteiger partial charge in [0.15, 0.2) is 0 Å². The monoisotopic (exact) mass is 341 g/mol. The van der Waals surface area contributed by atoms with Crippen molar-refractivity contribution in [2.75, 3.05) is 33.2 Å². The van der Waals surface area contributed by atoms with Gasteiger partial charge in [0, 0.05) is 45.8 Å². The molecule has 0 aromatic heterocycles. The Hall–Kier alpha value is -1.73. The van der Waals surface area contributed by atoms with Crippen LogP contribution in [0.1, 0.15) is 19.4 Å². The van der Waals surface area contributed by atoms with Gasteiger partial charge in [-0.2, -0.15) is 0 Å². The molecular weight excluding hydrogens is 316 g/mol. The van der Waals surface area contributed by atoms with Crippen LogP contribution in [0.15, 0.2) is 18.2 Å². The van der Waals surface area contributed by atoms with Crippen molar-refractivity contribution in [3.63, 3.8) is 0 Å². The number of nitrogens with zero attached hydrogens (tertiary/aromatic N) is 2. The van der Waals surface area contributed by atoms with Crippen LogP contribution in [0.4, 0.5) is 13.6 Å². The van der Waals surface area contributed by atoms with E-state index in [1.165, 1.54) is 12.1 Å². The van der Waals surface area contributed by atoms with Crippen LogP contribution in [-0.4, -0.2) is 61.3 Å². The van der Waals surface area contributed by atoms with Gasteiger partial charge >= 0.3 is 6.03 Å². The van der Waals surface area contributed by atoms with Crippen molar-refractivity contribution in [2.24, 2.45) is 0 Å². The van der Waals surface area contributed by atoms with Crippen LogP contribution >= 0.6 is 0 Å². The summed E-state index contributed by atoms with van der Waals surface area (Å²) in [6.45, 7) is 7.20. The summed E-state index contributed by atoms with van der Waals surface area (Å²) in [4.78, 5) is 15.9. The lowest BCUT2D eigenvalue weighted by atomic mass is 10.2. The van der Waals surface area contributed by atoms with Gasteiger partial charge in [0.25, 0.3) is 0 Å². The van der Waals surface area contributed by atoms with Crippen LogP contribution in [0.5, 0.6) is 0 Å².